The summed E-state index contributed by atoms with van der Waals surface area (Å²) >= 11 is 1.61. The smallest absolute Gasteiger partial charge is 0.223 e. The molecule has 0 radical (unpaired) electrons. The highest BCUT2D eigenvalue weighted by molar-refractivity contribution is 7.13. The first-order valence-corrected chi connectivity index (χ1v) is 10.4. The van der Waals surface area contributed by atoms with E-state index in [0.29, 0.717) is 6.54 Å². The summed E-state index contributed by atoms with van der Waals surface area (Å²) in [6.07, 6.45) is 1.65. The first-order chi connectivity index (χ1) is 13.7. The van der Waals surface area contributed by atoms with Crippen LogP contribution in [0, 0.1) is 12.8 Å². The van der Waals surface area contributed by atoms with E-state index >= 15 is 0 Å². The third kappa shape index (κ3) is 4.36. The van der Waals surface area contributed by atoms with Gasteiger partial charge in [0, 0.05) is 30.0 Å². The molecule has 1 aliphatic rings. The largest absolute Gasteiger partial charge is 0.355 e. The molecule has 144 valence electrons. The number of rotatable bonds is 5. The van der Waals surface area contributed by atoms with Crippen molar-refractivity contribution in [2.75, 3.05) is 18.0 Å². The van der Waals surface area contributed by atoms with Crippen molar-refractivity contribution in [3.05, 3.63) is 59.2 Å². The van der Waals surface area contributed by atoms with Crippen molar-refractivity contribution < 1.29 is 4.79 Å². The topological polar surface area (TPSA) is 71.0 Å². The highest BCUT2D eigenvalue weighted by Crippen LogP contribution is 2.24. The van der Waals surface area contributed by atoms with Gasteiger partial charge in [-0.25, -0.2) is 4.98 Å². The Bertz CT molecular complexity index is 917. The Morgan fingerprint density at radius 1 is 1.14 bits per heavy atom. The summed E-state index contributed by atoms with van der Waals surface area (Å²) in [5.41, 5.74) is 2.93. The van der Waals surface area contributed by atoms with Crippen LogP contribution in [0.15, 0.2) is 47.8 Å². The number of aromatic nitrogens is 3. The van der Waals surface area contributed by atoms with Crippen molar-refractivity contribution in [1.82, 2.24) is 20.5 Å². The second-order valence-corrected chi connectivity index (χ2v) is 7.88. The lowest BCUT2D eigenvalue weighted by atomic mass is 9.96. The van der Waals surface area contributed by atoms with E-state index in [1.165, 1.54) is 0 Å². The van der Waals surface area contributed by atoms with Crippen LogP contribution < -0.4 is 10.2 Å². The number of carbonyl (C=O) groups is 1. The molecule has 7 heteroatoms. The Labute approximate surface area is 168 Å². The third-order valence-electron chi connectivity index (χ3n) is 4.99. The minimum absolute atomic E-state index is 0.0434. The van der Waals surface area contributed by atoms with Gasteiger partial charge < -0.3 is 10.2 Å². The molecule has 2 aromatic heterocycles. The van der Waals surface area contributed by atoms with Gasteiger partial charge in [-0.1, -0.05) is 30.3 Å². The molecule has 1 aliphatic heterocycles. The molecular formula is C21H23N5OS. The lowest BCUT2D eigenvalue weighted by molar-refractivity contribution is -0.125. The van der Waals surface area contributed by atoms with Gasteiger partial charge in [0.15, 0.2) is 5.82 Å². The zero-order valence-corrected chi connectivity index (χ0v) is 16.7. The summed E-state index contributed by atoms with van der Waals surface area (Å²) in [4.78, 5) is 19.4. The molecule has 3 heterocycles. The van der Waals surface area contributed by atoms with Gasteiger partial charge in [0.2, 0.25) is 5.91 Å². The highest BCUT2D eigenvalue weighted by Gasteiger charge is 2.25. The Balaban J connectivity index is 1.27. The van der Waals surface area contributed by atoms with Crippen LogP contribution in [-0.2, 0) is 11.3 Å². The maximum Gasteiger partial charge on any atom is 0.223 e. The molecule has 4 rings (SSSR count). The molecule has 6 nitrogen and oxygen atoms in total. The molecule has 0 aliphatic carbocycles. The molecular weight excluding hydrogens is 370 g/mol. The lowest BCUT2D eigenvalue weighted by Gasteiger charge is -2.31. The number of anilines is 1. The minimum atomic E-state index is 0.0434. The monoisotopic (exact) mass is 393 g/mol. The van der Waals surface area contributed by atoms with Crippen LogP contribution in [0.25, 0.3) is 10.6 Å². The van der Waals surface area contributed by atoms with Gasteiger partial charge >= 0.3 is 0 Å². The SMILES string of the molecule is Cc1ccc(N2CCC(C(=O)NCc3csc(-c4ccccc4)n3)CC2)nn1. The quantitative estimate of drug-likeness (QED) is 0.719. The number of benzene rings is 1. The third-order valence-corrected chi connectivity index (χ3v) is 5.93. The van der Waals surface area contributed by atoms with Crippen molar-refractivity contribution in [1.29, 1.82) is 0 Å². The summed E-state index contributed by atoms with van der Waals surface area (Å²) in [7, 11) is 0. The van der Waals surface area contributed by atoms with E-state index in [1.807, 2.05) is 54.8 Å². The Kier molecular flexibility index (Phi) is 5.62. The fourth-order valence-corrected chi connectivity index (χ4v) is 4.18. The van der Waals surface area contributed by atoms with Gasteiger partial charge in [0.25, 0.3) is 0 Å². The van der Waals surface area contributed by atoms with Gasteiger partial charge in [-0.2, -0.15) is 5.10 Å². The zero-order chi connectivity index (χ0) is 19.3. The molecule has 1 amide bonds. The van der Waals surface area contributed by atoms with Crippen LogP contribution in [0.3, 0.4) is 0 Å². The molecule has 28 heavy (non-hydrogen) atoms. The minimum Gasteiger partial charge on any atom is -0.355 e. The molecule has 1 fully saturated rings. The summed E-state index contributed by atoms with van der Waals surface area (Å²) in [6.45, 7) is 4.06. The second kappa shape index (κ2) is 8.48. The summed E-state index contributed by atoms with van der Waals surface area (Å²) in [6, 6.07) is 14.1. The number of nitrogens with one attached hydrogen (secondary N) is 1. The average molecular weight is 394 g/mol. The second-order valence-electron chi connectivity index (χ2n) is 7.02. The predicted molar refractivity (Wildman–Crippen MR) is 111 cm³/mol. The van der Waals surface area contributed by atoms with Crippen LogP contribution in [0.2, 0.25) is 0 Å². The summed E-state index contributed by atoms with van der Waals surface area (Å²) in [5, 5.41) is 14.4. The number of piperidine rings is 1. The maximum atomic E-state index is 12.6. The standard InChI is InChI=1S/C21H23N5OS/c1-15-7-8-19(25-24-15)26-11-9-16(10-12-26)20(27)22-13-18-14-28-21(23-18)17-5-3-2-4-6-17/h2-8,14,16H,9-13H2,1H3,(H,22,27). The van der Waals surface area contributed by atoms with Gasteiger partial charge in [0.05, 0.1) is 17.9 Å². The fourth-order valence-electron chi connectivity index (χ4n) is 3.35. The molecule has 0 spiro atoms. The number of hydrogen-bond donors (Lipinski definition) is 1. The van der Waals surface area contributed by atoms with Crippen molar-refractivity contribution >= 4 is 23.1 Å². The van der Waals surface area contributed by atoms with Gasteiger partial charge in [-0.05, 0) is 31.9 Å². The summed E-state index contributed by atoms with van der Waals surface area (Å²) < 4.78 is 0. The molecule has 0 atom stereocenters. The van der Waals surface area contributed by atoms with Crippen molar-refractivity contribution in [2.24, 2.45) is 5.92 Å². The predicted octanol–water partition coefficient (Wildman–Crippen LogP) is 3.44. The molecule has 1 N–H and O–H groups in total. The normalized spacial score (nSPS) is 14.8. The maximum absolute atomic E-state index is 12.6. The van der Waals surface area contributed by atoms with E-state index in [-0.39, 0.29) is 11.8 Å². The van der Waals surface area contributed by atoms with Gasteiger partial charge in [-0.15, -0.1) is 16.4 Å². The number of carbonyl (C=O) groups excluding carboxylic acids is 1. The first-order valence-electron chi connectivity index (χ1n) is 9.52. The molecule has 1 saturated heterocycles. The van der Waals surface area contributed by atoms with Crippen LogP contribution in [0.4, 0.5) is 5.82 Å². The lowest BCUT2D eigenvalue weighted by Crippen LogP contribution is -2.40. The number of amides is 1. The number of aryl methyl sites for hydroxylation is 1. The Hall–Kier alpha value is -2.80. The number of nitrogens with zero attached hydrogens (tertiary/aromatic N) is 4. The van der Waals surface area contributed by atoms with Crippen LogP contribution >= 0.6 is 11.3 Å². The fraction of sp³-hybridized carbons (Fsp3) is 0.333. The Morgan fingerprint density at radius 3 is 2.64 bits per heavy atom. The molecule has 0 unspecified atom stereocenters. The van der Waals surface area contributed by atoms with Crippen LogP contribution in [-0.4, -0.2) is 34.2 Å². The van der Waals surface area contributed by atoms with E-state index in [2.05, 4.69) is 25.4 Å². The molecule has 0 saturated carbocycles. The first kappa shape index (κ1) is 18.6. The van der Waals surface area contributed by atoms with E-state index in [0.717, 1.165) is 53.7 Å². The van der Waals surface area contributed by atoms with Crippen molar-refractivity contribution in [3.63, 3.8) is 0 Å². The Morgan fingerprint density at radius 2 is 1.93 bits per heavy atom. The van der Waals surface area contributed by atoms with Gasteiger partial charge in [0.1, 0.15) is 5.01 Å². The van der Waals surface area contributed by atoms with E-state index in [4.69, 9.17) is 0 Å². The van der Waals surface area contributed by atoms with E-state index in [9.17, 15) is 4.79 Å². The van der Waals surface area contributed by atoms with E-state index < -0.39 is 0 Å². The highest BCUT2D eigenvalue weighted by atomic mass is 32.1. The van der Waals surface area contributed by atoms with Crippen LogP contribution in [0.5, 0.6) is 0 Å². The molecule has 1 aromatic carbocycles. The summed E-state index contributed by atoms with van der Waals surface area (Å²) in [5.74, 6) is 1.05. The molecule has 3 aromatic rings. The zero-order valence-electron chi connectivity index (χ0n) is 15.8. The van der Waals surface area contributed by atoms with Crippen molar-refractivity contribution in [2.45, 2.75) is 26.3 Å². The van der Waals surface area contributed by atoms with Gasteiger partial charge in [-0.3, -0.25) is 4.79 Å². The van der Waals surface area contributed by atoms with E-state index in [1.54, 1.807) is 11.3 Å². The van der Waals surface area contributed by atoms with Crippen molar-refractivity contribution in [3.8, 4) is 10.6 Å². The number of thiazole rings is 1. The van der Waals surface area contributed by atoms with Crippen LogP contribution in [0.1, 0.15) is 24.2 Å². The average Bonchev–Trinajstić information content (AvgIpc) is 3.22. The molecule has 0 bridgehead atoms. The number of hydrogen-bond acceptors (Lipinski definition) is 6.